The summed E-state index contributed by atoms with van der Waals surface area (Å²) in [4.78, 5) is 13.3. The van der Waals surface area contributed by atoms with E-state index in [0.29, 0.717) is 50.4 Å². The maximum Gasteiger partial charge on any atom is 0.229 e. The van der Waals surface area contributed by atoms with E-state index in [9.17, 15) is 4.57 Å². The Bertz CT molecular complexity index is 1530. The van der Waals surface area contributed by atoms with Gasteiger partial charge < -0.3 is 29.7 Å². The Morgan fingerprint density at radius 3 is 2.36 bits per heavy atom. The summed E-state index contributed by atoms with van der Waals surface area (Å²) in [6.07, 6.45) is 6.06. The molecule has 0 unspecified atom stereocenters. The van der Waals surface area contributed by atoms with Crippen LogP contribution in [-0.2, 0) is 4.57 Å². The molecule has 42 heavy (non-hydrogen) atoms. The van der Waals surface area contributed by atoms with E-state index in [-0.39, 0.29) is 11.8 Å². The first kappa shape index (κ1) is 30.6. The summed E-state index contributed by atoms with van der Waals surface area (Å²) in [7, 11) is 3.26. The lowest BCUT2D eigenvalue weighted by atomic mass is 9.60. The van der Waals surface area contributed by atoms with Gasteiger partial charge in [0.1, 0.15) is 23.7 Å². The number of nitrogens with zero attached hydrogens (tertiary/aromatic N) is 4. The largest absolute Gasteiger partial charge is 0.494 e. The van der Waals surface area contributed by atoms with Gasteiger partial charge in [0.25, 0.3) is 0 Å². The first-order chi connectivity index (χ1) is 19.8. The average molecular weight is 615 g/mol. The third-order valence-electron chi connectivity index (χ3n) is 8.94. The van der Waals surface area contributed by atoms with E-state index in [1.54, 1.807) is 26.5 Å². The van der Waals surface area contributed by atoms with E-state index in [1.807, 2.05) is 26.0 Å². The van der Waals surface area contributed by atoms with Crippen LogP contribution in [0, 0.1) is 25.1 Å². The maximum atomic E-state index is 15.5. The van der Waals surface area contributed by atoms with E-state index >= 15 is 4.39 Å². The second-order valence-corrected chi connectivity index (χ2v) is 16.1. The zero-order valence-electron chi connectivity index (χ0n) is 25.5. The minimum absolute atomic E-state index is 0.217. The number of aromatic nitrogens is 2. The van der Waals surface area contributed by atoms with Crippen molar-refractivity contribution >= 4 is 52.9 Å². The van der Waals surface area contributed by atoms with Crippen LogP contribution in [0.1, 0.15) is 36.8 Å². The second kappa shape index (κ2) is 11.7. The summed E-state index contributed by atoms with van der Waals surface area (Å²) in [6.45, 7) is 9.10. The Morgan fingerprint density at radius 1 is 1.07 bits per heavy atom. The molecule has 0 atom stereocenters. The van der Waals surface area contributed by atoms with Crippen molar-refractivity contribution in [3.63, 3.8) is 0 Å². The molecule has 8 nitrogen and oxygen atoms in total. The number of anilines is 5. The Balaban J connectivity index is 1.35. The number of aryl methyl sites for hydroxylation is 2. The molecule has 3 aromatic rings. The van der Waals surface area contributed by atoms with Crippen molar-refractivity contribution in [2.75, 3.05) is 63.2 Å². The molecule has 1 aliphatic heterocycles. The van der Waals surface area contributed by atoms with Gasteiger partial charge in [-0.05, 0) is 95.6 Å². The van der Waals surface area contributed by atoms with Gasteiger partial charge in [0.2, 0.25) is 5.95 Å². The van der Waals surface area contributed by atoms with Crippen LogP contribution in [0.3, 0.4) is 0 Å². The number of ether oxygens (including phenoxy) is 1. The maximum absolute atomic E-state index is 15.5. The van der Waals surface area contributed by atoms with E-state index in [1.165, 1.54) is 25.1 Å². The highest BCUT2D eigenvalue weighted by molar-refractivity contribution is 7.70. The minimum atomic E-state index is -2.60. The normalized spacial score (nSPS) is 17.0. The molecule has 1 saturated carbocycles. The second-order valence-electron chi connectivity index (χ2n) is 12.5. The number of piperidine rings is 1. The molecule has 0 amide bonds. The summed E-state index contributed by atoms with van der Waals surface area (Å²) in [5.41, 5.74) is 4.13. The molecule has 1 aliphatic carbocycles. The van der Waals surface area contributed by atoms with Crippen molar-refractivity contribution in [1.82, 2.24) is 14.9 Å². The van der Waals surface area contributed by atoms with Gasteiger partial charge in [-0.1, -0.05) is 11.6 Å². The van der Waals surface area contributed by atoms with Gasteiger partial charge in [-0.2, -0.15) is 4.98 Å². The monoisotopic (exact) mass is 614 g/mol. The van der Waals surface area contributed by atoms with Crippen molar-refractivity contribution in [2.24, 2.45) is 5.41 Å². The van der Waals surface area contributed by atoms with E-state index < -0.39 is 7.14 Å². The fraction of sp³-hybridized carbons (Fsp3) is 0.484. The highest BCUT2D eigenvalue weighted by atomic mass is 35.5. The SMILES string of the molecule is COc1cc(N2CCC3(CC2)CC(N(C)C)C3)c(F)cc1Nc1ncc(Cl)c(Nc2cc(C)c(C)cc2P(C)(C)=O)n1. The van der Waals surface area contributed by atoms with E-state index in [0.717, 1.165) is 37.1 Å². The molecule has 2 fully saturated rings. The lowest BCUT2D eigenvalue weighted by Gasteiger charge is -2.54. The van der Waals surface area contributed by atoms with Gasteiger partial charge in [-0.3, -0.25) is 0 Å². The number of rotatable bonds is 8. The van der Waals surface area contributed by atoms with Gasteiger partial charge in [0, 0.05) is 36.6 Å². The molecule has 1 spiro atoms. The van der Waals surface area contributed by atoms with Gasteiger partial charge in [-0.25, -0.2) is 9.37 Å². The molecule has 2 heterocycles. The van der Waals surface area contributed by atoms with Crippen LogP contribution in [0.2, 0.25) is 5.02 Å². The van der Waals surface area contributed by atoms with Crippen molar-refractivity contribution in [3.8, 4) is 5.75 Å². The molecule has 2 aliphatic rings. The topological polar surface area (TPSA) is 82.6 Å². The molecular weight excluding hydrogens is 574 g/mol. The van der Waals surface area contributed by atoms with Crippen LogP contribution < -0.4 is 25.6 Å². The molecule has 226 valence electrons. The number of benzene rings is 2. The molecule has 1 saturated heterocycles. The van der Waals surface area contributed by atoms with Crippen LogP contribution in [0.5, 0.6) is 5.75 Å². The first-order valence-electron chi connectivity index (χ1n) is 14.3. The fourth-order valence-electron chi connectivity index (χ4n) is 6.10. The third kappa shape index (κ3) is 6.24. The molecule has 5 rings (SSSR count). The lowest BCUT2D eigenvalue weighted by Crippen LogP contribution is -2.53. The van der Waals surface area contributed by atoms with Gasteiger partial charge in [0.05, 0.1) is 30.4 Å². The molecule has 11 heteroatoms. The van der Waals surface area contributed by atoms with Crippen molar-refractivity contribution < 1.29 is 13.7 Å². The lowest BCUT2D eigenvalue weighted by molar-refractivity contribution is 0.00481. The Hall–Kier alpha value is -2.87. The summed E-state index contributed by atoms with van der Waals surface area (Å²) >= 11 is 6.46. The summed E-state index contributed by atoms with van der Waals surface area (Å²) in [5, 5.41) is 7.36. The Kier molecular flexibility index (Phi) is 8.49. The average Bonchev–Trinajstić information content (AvgIpc) is 2.90. The van der Waals surface area contributed by atoms with Crippen LogP contribution in [0.15, 0.2) is 30.5 Å². The minimum Gasteiger partial charge on any atom is -0.494 e. The standard InChI is InChI=1S/C31H41ClFN6O2P/c1-19-12-25(28(13-20(19)2)42(6,7)40)35-29-22(32)18-34-30(37-29)36-24-14-23(33)26(15-27(24)41-5)39-10-8-31(9-11-39)16-21(17-31)38(3)4/h12-15,18,21H,8-11,16-17H2,1-7H3,(H2,34,35,36,37). The Morgan fingerprint density at radius 2 is 1.74 bits per heavy atom. The summed E-state index contributed by atoms with van der Waals surface area (Å²) in [6, 6.07) is 7.72. The number of methoxy groups -OCH3 is 1. The van der Waals surface area contributed by atoms with Crippen LogP contribution >= 0.6 is 18.7 Å². The number of hydrogen-bond acceptors (Lipinski definition) is 8. The highest BCUT2D eigenvalue weighted by Crippen LogP contribution is 2.51. The summed E-state index contributed by atoms with van der Waals surface area (Å²) in [5.74, 6) is 0.723. The highest BCUT2D eigenvalue weighted by Gasteiger charge is 2.46. The molecule has 1 aromatic heterocycles. The fourth-order valence-corrected chi connectivity index (χ4v) is 7.44. The van der Waals surface area contributed by atoms with Crippen LogP contribution in [0.4, 0.5) is 33.2 Å². The van der Waals surface area contributed by atoms with Crippen molar-refractivity contribution in [3.05, 3.63) is 52.4 Å². The number of halogens is 2. The molecular formula is C31H41ClFN6O2P. The molecule has 0 radical (unpaired) electrons. The van der Waals surface area contributed by atoms with Crippen molar-refractivity contribution in [2.45, 2.75) is 45.6 Å². The number of hydrogen-bond donors (Lipinski definition) is 2. The molecule has 2 N–H and O–H groups in total. The predicted molar refractivity (Wildman–Crippen MR) is 172 cm³/mol. The summed E-state index contributed by atoms with van der Waals surface area (Å²) < 4.78 is 34.2. The smallest absolute Gasteiger partial charge is 0.229 e. The van der Waals surface area contributed by atoms with Crippen LogP contribution in [0.25, 0.3) is 0 Å². The molecule has 0 bridgehead atoms. The number of nitrogens with one attached hydrogen (secondary N) is 2. The van der Waals surface area contributed by atoms with Gasteiger partial charge >= 0.3 is 0 Å². The Labute approximate surface area is 253 Å². The van der Waals surface area contributed by atoms with Crippen LogP contribution in [-0.4, -0.2) is 68.5 Å². The van der Waals surface area contributed by atoms with Gasteiger partial charge in [-0.15, -0.1) is 0 Å². The quantitative estimate of drug-likeness (QED) is 0.264. The zero-order valence-corrected chi connectivity index (χ0v) is 27.2. The van der Waals surface area contributed by atoms with Crippen molar-refractivity contribution in [1.29, 1.82) is 0 Å². The first-order valence-corrected chi connectivity index (χ1v) is 17.3. The molecule has 2 aromatic carbocycles. The predicted octanol–water partition coefficient (Wildman–Crippen LogP) is 6.94. The zero-order chi connectivity index (χ0) is 30.4. The van der Waals surface area contributed by atoms with E-state index in [4.69, 9.17) is 16.3 Å². The van der Waals surface area contributed by atoms with E-state index in [2.05, 4.69) is 44.5 Å². The van der Waals surface area contributed by atoms with Gasteiger partial charge in [0.15, 0.2) is 5.82 Å². The third-order valence-corrected chi connectivity index (χ3v) is 10.7.